The minimum Gasteiger partial charge on any atom is -0.461 e. The molecule has 1 fully saturated rings. The molecule has 1 aliphatic heterocycles. The van der Waals surface area contributed by atoms with Crippen LogP contribution in [0, 0.1) is 6.92 Å². The second kappa shape index (κ2) is 6.94. The zero-order valence-electron chi connectivity index (χ0n) is 14.0. The maximum absolute atomic E-state index is 5.45. The standard InChI is InChI=1S/C17H20N6O2/c1-11-9-16(23-22-11)19-15-10-14(18-12-4-7-24-8-5-12)20-17(21-15)13-3-2-6-25-13/h2-3,6,9-10,12H,4-5,7-8H2,1H3,(H3,18,19,20,21,22,23). The number of ether oxygens (including phenoxy) is 1. The number of rotatable bonds is 5. The fraction of sp³-hybridized carbons (Fsp3) is 0.353. The predicted molar refractivity (Wildman–Crippen MR) is 93.8 cm³/mol. The maximum Gasteiger partial charge on any atom is 0.199 e. The summed E-state index contributed by atoms with van der Waals surface area (Å²) < 4.78 is 10.9. The Morgan fingerprint density at radius 3 is 2.68 bits per heavy atom. The van der Waals surface area contributed by atoms with Gasteiger partial charge in [0.2, 0.25) is 0 Å². The van der Waals surface area contributed by atoms with E-state index in [1.165, 1.54) is 0 Å². The predicted octanol–water partition coefficient (Wildman–Crippen LogP) is 3.10. The van der Waals surface area contributed by atoms with E-state index in [2.05, 4.69) is 30.8 Å². The lowest BCUT2D eigenvalue weighted by Gasteiger charge is -2.23. The van der Waals surface area contributed by atoms with Gasteiger partial charge in [0.25, 0.3) is 0 Å². The number of furan rings is 1. The average molecular weight is 340 g/mol. The van der Waals surface area contributed by atoms with Gasteiger partial charge in [0.05, 0.1) is 6.26 Å². The lowest BCUT2D eigenvalue weighted by Crippen LogP contribution is -2.28. The molecule has 0 spiro atoms. The highest BCUT2D eigenvalue weighted by molar-refractivity contribution is 5.61. The summed E-state index contributed by atoms with van der Waals surface area (Å²) in [4.78, 5) is 9.13. The van der Waals surface area contributed by atoms with E-state index in [1.807, 2.05) is 31.2 Å². The number of aromatic nitrogens is 4. The third kappa shape index (κ3) is 3.80. The lowest BCUT2D eigenvalue weighted by atomic mass is 10.1. The van der Waals surface area contributed by atoms with Gasteiger partial charge in [-0.15, -0.1) is 0 Å². The number of aryl methyl sites for hydroxylation is 1. The van der Waals surface area contributed by atoms with E-state index in [4.69, 9.17) is 9.15 Å². The van der Waals surface area contributed by atoms with Crippen molar-refractivity contribution >= 4 is 17.5 Å². The number of hydrogen-bond acceptors (Lipinski definition) is 7. The van der Waals surface area contributed by atoms with E-state index in [0.717, 1.165) is 37.6 Å². The topological polar surface area (TPSA) is 101 Å². The molecule has 0 aliphatic carbocycles. The van der Waals surface area contributed by atoms with Crippen molar-refractivity contribution in [3.8, 4) is 11.6 Å². The van der Waals surface area contributed by atoms with Gasteiger partial charge in [-0.3, -0.25) is 5.10 Å². The highest BCUT2D eigenvalue weighted by atomic mass is 16.5. The van der Waals surface area contributed by atoms with Gasteiger partial charge < -0.3 is 19.8 Å². The van der Waals surface area contributed by atoms with Crippen LogP contribution < -0.4 is 10.6 Å². The lowest BCUT2D eigenvalue weighted by molar-refractivity contribution is 0.0904. The van der Waals surface area contributed by atoms with E-state index in [9.17, 15) is 0 Å². The van der Waals surface area contributed by atoms with Crippen LogP contribution in [0.3, 0.4) is 0 Å². The molecule has 0 unspecified atom stereocenters. The van der Waals surface area contributed by atoms with Crippen molar-refractivity contribution in [2.75, 3.05) is 23.8 Å². The summed E-state index contributed by atoms with van der Waals surface area (Å²) in [6, 6.07) is 7.80. The average Bonchev–Trinajstić information content (AvgIpc) is 3.28. The Morgan fingerprint density at radius 2 is 1.96 bits per heavy atom. The van der Waals surface area contributed by atoms with E-state index in [0.29, 0.717) is 29.3 Å². The smallest absolute Gasteiger partial charge is 0.199 e. The van der Waals surface area contributed by atoms with E-state index < -0.39 is 0 Å². The van der Waals surface area contributed by atoms with Crippen LogP contribution in [0.25, 0.3) is 11.6 Å². The van der Waals surface area contributed by atoms with Gasteiger partial charge in [-0.1, -0.05) is 0 Å². The molecule has 3 aromatic heterocycles. The molecule has 1 aliphatic rings. The van der Waals surface area contributed by atoms with Crippen molar-refractivity contribution in [2.45, 2.75) is 25.8 Å². The fourth-order valence-corrected chi connectivity index (χ4v) is 2.77. The number of H-pyrrole nitrogens is 1. The first-order chi connectivity index (χ1) is 12.3. The Hall–Kier alpha value is -2.87. The molecule has 3 N–H and O–H groups in total. The van der Waals surface area contributed by atoms with E-state index in [-0.39, 0.29) is 0 Å². The molecule has 0 saturated carbocycles. The monoisotopic (exact) mass is 340 g/mol. The largest absolute Gasteiger partial charge is 0.461 e. The minimum absolute atomic E-state index is 0.341. The Labute approximate surface area is 145 Å². The van der Waals surface area contributed by atoms with Gasteiger partial charge in [0.15, 0.2) is 17.4 Å². The SMILES string of the molecule is Cc1cc(Nc2cc(NC3CCOCC3)nc(-c3ccco3)n2)n[nH]1. The molecule has 0 amide bonds. The summed E-state index contributed by atoms with van der Waals surface area (Å²) in [5.74, 6) is 3.26. The molecular weight excluding hydrogens is 320 g/mol. The van der Waals surface area contributed by atoms with Gasteiger partial charge in [-0.2, -0.15) is 5.10 Å². The Balaban J connectivity index is 1.62. The highest BCUT2D eigenvalue weighted by Gasteiger charge is 2.16. The molecule has 4 rings (SSSR count). The molecular formula is C17H20N6O2. The van der Waals surface area contributed by atoms with Crippen LogP contribution in [0.4, 0.5) is 17.5 Å². The first kappa shape index (κ1) is 15.6. The van der Waals surface area contributed by atoms with Crippen LogP contribution in [0.1, 0.15) is 18.5 Å². The Bertz CT molecular complexity index is 824. The molecule has 8 nitrogen and oxygen atoms in total. The molecule has 0 atom stereocenters. The van der Waals surface area contributed by atoms with Crippen molar-refractivity contribution in [1.29, 1.82) is 0 Å². The quantitative estimate of drug-likeness (QED) is 0.656. The highest BCUT2D eigenvalue weighted by Crippen LogP contribution is 2.24. The molecule has 4 heterocycles. The van der Waals surface area contributed by atoms with Crippen LogP contribution in [-0.4, -0.2) is 39.4 Å². The molecule has 0 bridgehead atoms. The molecule has 3 aromatic rings. The van der Waals surface area contributed by atoms with Gasteiger partial charge >= 0.3 is 0 Å². The second-order valence-corrected chi connectivity index (χ2v) is 6.03. The molecule has 25 heavy (non-hydrogen) atoms. The van der Waals surface area contributed by atoms with Gasteiger partial charge in [0, 0.05) is 37.1 Å². The van der Waals surface area contributed by atoms with Crippen molar-refractivity contribution in [3.05, 3.63) is 36.2 Å². The Kier molecular flexibility index (Phi) is 4.34. The van der Waals surface area contributed by atoms with Crippen LogP contribution >= 0.6 is 0 Å². The Morgan fingerprint density at radius 1 is 1.12 bits per heavy atom. The number of nitrogens with one attached hydrogen (secondary N) is 3. The molecule has 1 saturated heterocycles. The third-order valence-electron chi connectivity index (χ3n) is 4.00. The van der Waals surface area contributed by atoms with Crippen molar-refractivity contribution in [1.82, 2.24) is 20.2 Å². The van der Waals surface area contributed by atoms with Crippen LogP contribution in [0.5, 0.6) is 0 Å². The van der Waals surface area contributed by atoms with Gasteiger partial charge in [-0.25, -0.2) is 9.97 Å². The number of hydrogen-bond donors (Lipinski definition) is 3. The number of nitrogens with zero attached hydrogens (tertiary/aromatic N) is 3. The number of anilines is 3. The summed E-state index contributed by atoms with van der Waals surface area (Å²) in [5, 5.41) is 13.8. The fourth-order valence-electron chi connectivity index (χ4n) is 2.77. The van der Waals surface area contributed by atoms with Crippen molar-refractivity contribution in [3.63, 3.8) is 0 Å². The third-order valence-corrected chi connectivity index (χ3v) is 4.00. The summed E-state index contributed by atoms with van der Waals surface area (Å²) in [6.07, 6.45) is 3.53. The first-order valence-electron chi connectivity index (χ1n) is 8.32. The summed E-state index contributed by atoms with van der Waals surface area (Å²) in [6.45, 7) is 3.49. The molecule has 0 aromatic carbocycles. The second-order valence-electron chi connectivity index (χ2n) is 6.03. The summed E-state index contributed by atoms with van der Waals surface area (Å²) >= 11 is 0. The normalized spacial score (nSPS) is 15.2. The zero-order valence-corrected chi connectivity index (χ0v) is 14.0. The van der Waals surface area contributed by atoms with E-state index in [1.54, 1.807) is 6.26 Å². The van der Waals surface area contributed by atoms with Crippen LogP contribution in [0.2, 0.25) is 0 Å². The maximum atomic E-state index is 5.45. The molecule has 8 heteroatoms. The number of aromatic amines is 1. The van der Waals surface area contributed by atoms with Crippen LogP contribution in [-0.2, 0) is 4.74 Å². The molecule has 130 valence electrons. The zero-order chi connectivity index (χ0) is 17.1. The molecule has 0 radical (unpaired) electrons. The van der Waals surface area contributed by atoms with Gasteiger partial charge in [0.1, 0.15) is 11.6 Å². The summed E-state index contributed by atoms with van der Waals surface area (Å²) in [5.41, 5.74) is 0.975. The van der Waals surface area contributed by atoms with E-state index >= 15 is 0 Å². The van der Waals surface area contributed by atoms with Crippen molar-refractivity contribution < 1.29 is 9.15 Å². The van der Waals surface area contributed by atoms with Gasteiger partial charge in [-0.05, 0) is 31.9 Å². The minimum atomic E-state index is 0.341. The van der Waals surface area contributed by atoms with Crippen molar-refractivity contribution in [2.24, 2.45) is 0 Å². The summed E-state index contributed by atoms with van der Waals surface area (Å²) in [7, 11) is 0. The first-order valence-corrected chi connectivity index (χ1v) is 8.32. The van der Waals surface area contributed by atoms with Crippen LogP contribution in [0.15, 0.2) is 34.9 Å².